The molecule has 2 atom stereocenters. The van der Waals surface area contributed by atoms with Crippen LogP contribution in [0.15, 0.2) is 24.3 Å². The fourth-order valence-electron chi connectivity index (χ4n) is 2.24. The van der Waals surface area contributed by atoms with Gasteiger partial charge in [0.05, 0.1) is 13.0 Å². The largest absolute Gasteiger partial charge is 0.493 e. The molecule has 0 bridgehead atoms. The molecule has 0 aliphatic carbocycles. The predicted octanol–water partition coefficient (Wildman–Crippen LogP) is 2.92. The van der Waals surface area contributed by atoms with Gasteiger partial charge in [0.15, 0.2) is 0 Å². The monoisotopic (exact) mass is 280 g/mol. The topological polar surface area (TPSA) is 35.5 Å². The maximum absolute atomic E-state index is 11.9. The molecule has 0 amide bonds. The summed E-state index contributed by atoms with van der Waals surface area (Å²) < 4.78 is 10.7. The molecule has 1 heterocycles. The molecule has 0 spiro atoms. The van der Waals surface area contributed by atoms with Crippen LogP contribution in [-0.4, -0.2) is 31.2 Å². The highest BCUT2D eigenvalue weighted by molar-refractivity contribution is 7.99. The van der Waals surface area contributed by atoms with Crippen molar-refractivity contribution in [2.24, 2.45) is 11.8 Å². The molecule has 1 aliphatic rings. The van der Waals surface area contributed by atoms with Crippen molar-refractivity contribution in [1.29, 1.82) is 0 Å². The van der Waals surface area contributed by atoms with Crippen LogP contribution in [0, 0.1) is 18.8 Å². The average Bonchev–Trinajstić information content (AvgIpc) is 2.94. The van der Waals surface area contributed by atoms with Crippen molar-refractivity contribution < 1.29 is 14.3 Å². The van der Waals surface area contributed by atoms with Gasteiger partial charge in [0.2, 0.25) is 0 Å². The summed E-state index contributed by atoms with van der Waals surface area (Å²) in [4.78, 5) is 11.9. The number of methoxy groups -OCH3 is 1. The molecule has 0 N–H and O–H groups in total. The van der Waals surface area contributed by atoms with Gasteiger partial charge in [-0.2, -0.15) is 11.8 Å². The Kier molecular flexibility index (Phi) is 5.14. The van der Waals surface area contributed by atoms with Crippen molar-refractivity contribution in [3.8, 4) is 5.75 Å². The molecule has 2 unspecified atom stereocenters. The number of hydrogen-bond donors (Lipinski definition) is 0. The molecule has 2 rings (SSSR count). The summed E-state index contributed by atoms with van der Waals surface area (Å²) in [5.74, 6) is 3.04. The van der Waals surface area contributed by atoms with E-state index in [1.54, 1.807) is 0 Å². The van der Waals surface area contributed by atoms with Gasteiger partial charge in [-0.15, -0.1) is 0 Å². The third-order valence-corrected chi connectivity index (χ3v) is 4.68. The second kappa shape index (κ2) is 6.85. The molecule has 1 aromatic rings. The van der Waals surface area contributed by atoms with E-state index in [1.807, 2.05) is 43.0 Å². The summed E-state index contributed by atoms with van der Waals surface area (Å²) in [7, 11) is 1.45. The summed E-state index contributed by atoms with van der Waals surface area (Å²) in [6, 6.07) is 7.89. The summed E-state index contributed by atoms with van der Waals surface area (Å²) in [6.07, 6.45) is 1.07. The van der Waals surface area contributed by atoms with Gasteiger partial charge in [-0.25, -0.2) is 0 Å². The second-order valence-electron chi connectivity index (χ2n) is 4.88. The molecular weight excluding hydrogens is 260 g/mol. The second-order valence-corrected chi connectivity index (χ2v) is 6.03. The molecule has 0 aromatic heterocycles. The van der Waals surface area contributed by atoms with E-state index in [0.717, 1.165) is 23.7 Å². The molecule has 1 fully saturated rings. The zero-order valence-electron chi connectivity index (χ0n) is 11.4. The SMILES string of the molecule is COC(=O)C(COc1ccc(C)cc1)C1CCSC1. The van der Waals surface area contributed by atoms with E-state index >= 15 is 0 Å². The highest BCUT2D eigenvalue weighted by Crippen LogP contribution is 2.31. The summed E-state index contributed by atoms with van der Waals surface area (Å²) in [6.45, 7) is 2.44. The molecule has 1 saturated heterocycles. The van der Waals surface area contributed by atoms with E-state index in [0.29, 0.717) is 12.5 Å². The Balaban J connectivity index is 1.95. The van der Waals surface area contributed by atoms with Crippen LogP contribution in [-0.2, 0) is 9.53 Å². The first kappa shape index (κ1) is 14.3. The zero-order valence-corrected chi connectivity index (χ0v) is 12.2. The van der Waals surface area contributed by atoms with E-state index in [1.165, 1.54) is 12.7 Å². The van der Waals surface area contributed by atoms with Crippen LogP contribution >= 0.6 is 11.8 Å². The van der Waals surface area contributed by atoms with Gasteiger partial charge >= 0.3 is 5.97 Å². The number of esters is 1. The van der Waals surface area contributed by atoms with Crippen molar-refractivity contribution in [3.05, 3.63) is 29.8 Å². The lowest BCUT2D eigenvalue weighted by molar-refractivity contribution is -0.148. The minimum absolute atomic E-state index is 0.152. The Morgan fingerprint density at radius 2 is 2.16 bits per heavy atom. The first-order valence-electron chi connectivity index (χ1n) is 6.55. The molecule has 104 valence electrons. The standard InChI is InChI=1S/C15H20O3S/c1-11-3-5-13(6-4-11)18-9-14(15(16)17-2)12-7-8-19-10-12/h3-6,12,14H,7-10H2,1-2H3. The molecule has 1 aliphatic heterocycles. The van der Waals surface area contributed by atoms with E-state index in [2.05, 4.69) is 0 Å². The third kappa shape index (κ3) is 3.90. The average molecular weight is 280 g/mol. The quantitative estimate of drug-likeness (QED) is 0.777. The van der Waals surface area contributed by atoms with Gasteiger partial charge in [0.1, 0.15) is 12.4 Å². The summed E-state index contributed by atoms with van der Waals surface area (Å²) >= 11 is 1.90. The molecule has 1 aromatic carbocycles. The predicted molar refractivity (Wildman–Crippen MR) is 77.6 cm³/mol. The number of rotatable bonds is 5. The van der Waals surface area contributed by atoms with Gasteiger partial charge in [0, 0.05) is 0 Å². The Bertz CT molecular complexity index is 410. The summed E-state index contributed by atoms with van der Waals surface area (Å²) in [5.41, 5.74) is 1.20. The maximum Gasteiger partial charge on any atom is 0.312 e. The molecule has 3 nitrogen and oxygen atoms in total. The number of benzene rings is 1. The van der Waals surface area contributed by atoms with Crippen LogP contribution < -0.4 is 4.74 Å². The third-order valence-electron chi connectivity index (χ3n) is 3.49. The smallest absolute Gasteiger partial charge is 0.312 e. The van der Waals surface area contributed by atoms with E-state index in [4.69, 9.17) is 9.47 Å². The van der Waals surface area contributed by atoms with Crippen LogP contribution in [0.4, 0.5) is 0 Å². The Hall–Kier alpha value is -1.16. The van der Waals surface area contributed by atoms with Gasteiger partial charge in [-0.1, -0.05) is 17.7 Å². The Morgan fingerprint density at radius 3 is 2.74 bits per heavy atom. The Morgan fingerprint density at radius 1 is 1.42 bits per heavy atom. The maximum atomic E-state index is 11.9. The molecule has 0 saturated carbocycles. The van der Waals surface area contributed by atoms with Crippen molar-refractivity contribution in [3.63, 3.8) is 0 Å². The number of aryl methyl sites for hydroxylation is 1. The van der Waals surface area contributed by atoms with Crippen LogP contribution in [0.5, 0.6) is 5.75 Å². The van der Waals surface area contributed by atoms with Crippen molar-refractivity contribution in [2.45, 2.75) is 13.3 Å². The molecule has 4 heteroatoms. The van der Waals surface area contributed by atoms with E-state index in [9.17, 15) is 4.79 Å². The fourth-order valence-corrected chi connectivity index (χ4v) is 3.58. The van der Waals surface area contributed by atoms with Crippen LogP contribution in [0.25, 0.3) is 0 Å². The van der Waals surface area contributed by atoms with Crippen LogP contribution in [0.3, 0.4) is 0 Å². The fraction of sp³-hybridized carbons (Fsp3) is 0.533. The first-order valence-corrected chi connectivity index (χ1v) is 7.71. The summed E-state index contributed by atoms with van der Waals surface area (Å²) in [5, 5.41) is 0. The van der Waals surface area contributed by atoms with Crippen molar-refractivity contribution in [2.75, 3.05) is 25.2 Å². The number of ether oxygens (including phenoxy) is 2. The highest BCUT2D eigenvalue weighted by atomic mass is 32.2. The zero-order chi connectivity index (χ0) is 13.7. The number of hydrogen-bond acceptors (Lipinski definition) is 4. The molecule has 19 heavy (non-hydrogen) atoms. The van der Waals surface area contributed by atoms with E-state index in [-0.39, 0.29) is 11.9 Å². The van der Waals surface area contributed by atoms with Gasteiger partial charge in [-0.3, -0.25) is 4.79 Å². The lowest BCUT2D eigenvalue weighted by atomic mass is 9.92. The molecular formula is C15H20O3S. The van der Waals surface area contributed by atoms with Gasteiger partial charge in [-0.05, 0) is 42.9 Å². The van der Waals surface area contributed by atoms with Crippen molar-refractivity contribution in [1.82, 2.24) is 0 Å². The van der Waals surface area contributed by atoms with Crippen LogP contribution in [0.1, 0.15) is 12.0 Å². The molecule has 0 radical (unpaired) electrons. The number of thioether (sulfide) groups is 1. The Labute approximate surface area is 118 Å². The van der Waals surface area contributed by atoms with E-state index < -0.39 is 0 Å². The minimum atomic E-state index is -0.153. The number of carbonyl (C=O) groups is 1. The highest BCUT2D eigenvalue weighted by Gasteiger charge is 2.32. The minimum Gasteiger partial charge on any atom is -0.493 e. The normalized spacial score (nSPS) is 20.0. The van der Waals surface area contributed by atoms with Gasteiger partial charge in [0.25, 0.3) is 0 Å². The van der Waals surface area contributed by atoms with Crippen LogP contribution in [0.2, 0.25) is 0 Å². The van der Waals surface area contributed by atoms with Crippen molar-refractivity contribution >= 4 is 17.7 Å². The lowest BCUT2D eigenvalue weighted by Crippen LogP contribution is -2.30. The first-order chi connectivity index (χ1) is 9.20. The van der Waals surface area contributed by atoms with Gasteiger partial charge < -0.3 is 9.47 Å². The number of carbonyl (C=O) groups excluding carboxylic acids is 1. The lowest BCUT2D eigenvalue weighted by Gasteiger charge is -2.20.